The third kappa shape index (κ3) is 3.82. The van der Waals surface area contributed by atoms with Gasteiger partial charge >= 0.3 is 0 Å². The van der Waals surface area contributed by atoms with Crippen molar-refractivity contribution < 1.29 is 9.15 Å². The molecule has 1 unspecified atom stereocenters. The molecule has 2 heterocycles. The first-order valence-corrected chi connectivity index (χ1v) is 15.6. The number of rotatable bonds is 4. The summed E-state index contributed by atoms with van der Waals surface area (Å²) < 4.78 is 12.9. The second-order valence-electron chi connectivity index (χ2n) is 11.9. The molecule has 0 saturated heterocycles. The fourth-order valence-electron chi connectivity index (χ4n) is 7.55. The Balaban J connectivity index is 1.28. The lowest BCUT2D eigenvalue weighted by atomic mass is 9.82. The van der Waals surface area contributed by atoms with Crippen molar-refractivity contribution >= 4 is 56.3 Å². The van der Waals surface area contributed by atoms with E-state index in [0.717, 1.165) is 45.6 Å². The quantitative estimate of drug-likeness (QED) is 0.207. The van der Waals surface area contributed by atoms with Gasteiger partial charge in [0.2, 0.25) is 0 Å². The van der Waals surface area contributed by atoms with Crippen LogP contribution in [-0.2, 0) is 6.42 Å². The highest BCUT2D eigenvalue weighted by Crippen LogP contribution is 2.48. The molecule has 1 atom stereocenters. The topological polar surface area (TPSA) is 22.4 Å². The maximum Gasteiger partial charge on any atom is 0.135 e. The average Bonchev–Trinajstić information content (AvgIpc) is 3.63. The summed E-state index contributed by atoms with van der Waals surface area (Å²) in [5.74, 6) is 1.94. The summed E-state index contributed by atoms with van der Waals surface area (Å²) in [5.41, 5.74) is 11.5. The van der Waals surface area contributed by atoms with E-state index in [1.165, 1.54) is 54.9 Å². The Morgan fingerprint density at radius 3 is 2.29 bits per heavy atom. The molecular formula is C43H30O2. The molecule has 2 nitrogen and oxygen atoms in total. The second kappa shape index (κ2) is 9.97. The summed E-state index contributed by atoms with van der Waals surface area (Å²) >= 11 is 0. The third-order valence-corrected chi connectivity index (χ3v) is 9.47. The van der Waals surface area contributed by atoms with E-state index in [1.807, 2.05) is 12.1 Å². The molecule has 0 N–H and O–H groups in total. The molecule has 214 valence electrons. The molecule has 0 spiro atoms. The molecule has 1 aromatic heterocycles. The Bertz CT molecular complexity index is 2410. The number of furan rings is 1. The van der Waals surface area contributed by atoms with E-state index in [2.05, 4.69) is 135 Å². The zero-order chi connectivity index (χ0) is 30.1. The van der Waals surface area contributed by atoms with Crippen LogP contribution in [0.2, 0.25) is 0 Å². The summed E-state index contributed by atoms with van der Waals surface area (Å²) in [5, 5.41) is 6.02. The number of para-hydroxylation sites is 1. The Morgan fingerprint density at radius 1 is 0.711 bits per heavy atom. The minimum Gasteiger partial charge on any atom is -0.485 e. The molecule has 0 amide bonds. The fraction of sp³-hybridized carbons (Fsp3) is 0.0698. The van der Waals surface area contributed by atoms with Gasteiger partial charge in [0.05, 0.1) is 0 Å². The van der Waals surface area contributed by atoms with Crippen molar-refractivity contribution in [1.82, 2.24) is 0 Å². The third-order valence-electron chi connectivity index (χ3n) is 9.47. The van der Waals surface area contributed by atoms with E-state index in [9.17, 15) is 0 Å². The lowest BCUT2D eigenvalue weighted by Crippen LogP contribution is -2.18. The first-order chi connectivity index (χ1) is 22.2. The largest absolute Gasteiger partial charge is 0.485 e. The fourth-order valence-corrected chi connectivity index (χ4v) is 7.55. The van der Waals surface area contributed by atoms with Crippen LogP contribution in [0.1, 0.15) is 34.9 Å². The zero-order valence-electron chi connectivity index (χ0n) is 25.0. The normalized spacial score (nSPS) is 15.2. The Hall–Kier alpha value is -5.60. The van der Waals surface area contributed by atoms with Crippen LogP contribution in [-0.4, -0.2) is 6.10 Å². The van der Waals surface area contributed by atoms with Crippen LogP contribution in [0.25, 0.3) is 78.6 Å². The van der Waals surface area contributed by atoms with Gasteiger partial charge in [-0.1, -0.05) is 116 Å². The maximum atomic E-state index is 6.60. The van der Waals surface area contributed by atoms with Crippen molar-refractivity contribution in [1.29, 1.82) is 0 Å². The van der Waals surface area contributed by atoms with Crippen LogP contribution in [0.4, 0.5) is 0 Å². The van der Waals surface area contributed by atoms with E-state index in [1.54, 1.807) is 0 Å². The van der Waals surface area contributed by atoms with Crippen molar-refractivity contribution in [3.05, 3.63) is 150 Å². The monoisotopic (exact) mass is 578 g/mol. The number of hydrogen-bond donors (Lipinski definition) is 0. The SMILES string of the molecule is C=Cc1c(/C=C\C)c(-c2cccc3ccccc23)c2ccccc2c1-c1ccc2c3c(oc2c1)CC1Oc2ccccc2C1=C3. The lowest BCUT2D eigenvalue weighted by Gasteiger charge is -2.21. The summed E-state index contributed by atoms with van der Waals surface area (Å²) in [4.78, 5) is 0. The molecule has 9 rings (SSSR count). The van der Waals surface area contributed by atoms with Gasteiger partial charge in [-0.25, -0.2) is 0 Å². The summed E-state index contributed by atoms with van der Waals surface area (Å²) in [6, 6.07) is 39.0. The van der Waals surface area contributed by atoms with Crippen molar-refractivity contribution in [2.75, 3.05) is 0 Å². The van der Waals surface area contributed by atoms with Crippen molar-refractivity contribution in [2.45, 2.75) is 19.4 Å². The summed E-state index contributed by atoms with van der Waals surface area (Å²) in [6.45, 7) is 6.43. The van der Waals surface area contributed by atoms with Crippen LogP contribution in [0, 0.1) is 0 Å². The van der Waals surface area contributed by atoms with Gasteiger partial charge in [-0.15, -0.1) is 0 Å². The number of benzene rings is 6. The number of allylic oxidation sites excluding steroid dienone is 1. The van der Waals surface area contributed by atoms with E-state index in [4.69, 9.17) is 9.15 Å². The van der Waals surface area contributed by atoms with Gasteiger partial charge in [-0.2, -0.15) is 0 Å². The lowest BCUT2D eigenvalue weighted by molar-refractivity contribution is 0.265. The molecule has 0 fully saturated rings. The Kier molecular flexibility index (Phi) is 5.73. The summed E-state index contributed by atoms with van der Waals surface area (Å²) in [7, 11) is 0. The first kappa shape index (κ1) is 25.9. The molecule has 6 aromatic carbocycles. The molecule has 2 heteroatoms. The van der Waals surface area contributed by atoms with E-state index < -0.39 is 0 Å². The van der Waals surface area contributed by atoms with Crippen LogP contribution in [0.15, 0.2) is 126 Å². The van der Waals surface area contributed by atoms with E-state index in [0.29, 0.717) is 0 Å². The first-order valence-electron chi connectivity index (χ1n) is 15.6. The summed E-state index contributed by atoms with van der Waals surface area (Å²) in [6.07, 6.45) is 9.38. The highest BCUT2D eigenvalue weighted by Gasteiger charge is 2.34. The van der Waals surface area contributed by atoms with Crippen molar-refractivity contribution in [3.8, 4) is 28.0 Å². The van der Waals surface area contributed by atoms with Crippen LogP contribution in [0.3, 0.4) is 0 Å². The zero-order valence-corrected chi connectivity index (χ0v) is 25.0. The van der Waals surface area contributed by atoms with Crippen molar-refractivity contribution in [2.24, 2.45) is 0 Å². The van der Waals surface area contributed by atoms with Gasteiger partial charge in [-0.05, 0) is 86.1 Å². The molecule has 0 saturated carbocycles. The minimum absolute atomic E-state index is 0.00348. The molecule has 45 heavy (non-hydrogen) atoms. The van der Waals surface area contributed by atoms with Gasteiger partial charge in [0.25, 0.3) is 0 Å². The average molecular weight is 579 g/mol. The van der Waals surface area contributed by atoms with Crippen molar-refractivity contribution in [3.63, 3.8) is 0 Å². The molecule has 1 aliphatic heterocycles. The van der Waals surface area contributed by atoms with Gasteiger partial charge < -0.3 is 9.15 Å². The van der Waals surface area contributed by atoms with E-state index >= 15 is 0 Å². The predicted molar refractivity (Wildman–Crippen MR) is 189 cm³/mol. The smallest absolute Gasteiger partial charge is 0.135 e. The van der Waals surface area contributed by atoms with Crippen LogP contribution in [0.5, 0.6) is 5.75 Å². The van der Waals surface area contributed by atoms with Gasteiger partial charge in [0.15, 0.2) is 0 Å². The minimum atomic E-state index is -0.00348. The van der Waals surface area contributed by atoms with Gasteiger partial charge in [0, 0.05) is 28.5 Å². The molecule has 0 bridgehead atoms. The highest BCUT2D eigenvalue weighted by atomic mass is 16.5. The van der Waals surface area contributed by atoms with E-state index in [-0.39, 0.29) is 6.10 Å². The maximum absolute atomic E-state index is 6.60. The molecule has 1 aliphatic carbocycles. The van der Waals surface area contributed by atoms with Crippen LogP contribution >= 0.6 is 0 Å². The number of hydrogen-bond acceptors (Lipinski definition) is 2. The molecular weight excluding hydrogens is 548 g/mol. The number of fused-ring (bicyclic) bond motifs is 8. The Morgan fingerprint density at radius 2 is 1.44 bits per heavy atom. The molecule has 0 radical (unpaired) electrons. The number of ether oxygens (including phenoxy) is 1. The van der Waals surface area contributed by atoms with Gasteiger partial charge in [0.1, 0.15) is 23.2 Å². The molecule has 7 aromatic rings. The highest BCUT2D eigenvalue weighted by molar-refractivity contribution is 6.15. The second-order valence-corrected chi connectivity index (χ2v) is 11.9. The Labute approximate surface area is 262 Å². The molecule has 2 aliphatic rings. The standard InChI is InChI=1S/C43H30O2/c1-3-12-32-28(4-2)42(34-17-7-8-18-35(34)43(32)33-19-11-14-26-13-5-6-15-29(26)33)27-21-22-31-37-24-36-30-16-9-10-20-38(30)44-40(36)25-41(37)45-39(31)23-27/h3-24,40H,2,25H2,1H3/b12-3-. The van der Waals surface area contributed by atoms with Crippen LogP contribution < -0.4 is 4.74 Å². The van der Waals surface area contributed by atoms with Gasteiger partial charge in [-0.3, -0.25) is 0 Å². The predicted octanol–water partition coefficient (Wildman–Crippen LogP) is 11.6.